The van der Waals surface area contributed by atoms with Crippen LogP contribution in [-0.4, -0.2) is 134 Å². The van der Waals surface area contributed by atoms with Gasteiger partial charge in [-0.1, -0.05) is 26.0 Å². The molecule has 2 saturated heterocycles. The lowest BCUT2D eigenvalue weighted by Gasteiger charge is -2.61. The molecule has 8 N–H and O–H groups in total. The molecule has 0 radical (unpaired) electrons. The third kappa shape index (κ3) is 6.42. The van der Waals surface area contributed by atoms with E-state index in [1.807, 2.05) is 0 Å². The van der Waals surface area contributed by atoms with Crippen molar-refractivity contribution in [3.63, 3.8) is 0 Å². The molecule has 296 valence electrons. The second kappa shape index (κ2) is 14.7. The first-order valence-corrected chi connectivity index (χ1v) is 19.6. The lowest BCUT2D eigenvalue weighted by atomic mass is 9.44. The summed E-state index contributed by atoms with van der Waals surface area (Å²) in [5.74, 6) is 3.26. The quantitative estimate of drug-likeness (QED) is 0.124. The zero-order valence-electron chi connectivity index (χ0n) is 31.0. The van der Waals surface area contributed by atoms with Gasteiger partial charge in [-0.2, -0.15) is 0 Å². The Labute approximate surface area is 306 Å². The largest absolute Gasteiger partial charge is 0.494 e. The third-order valence-electron chi connectivity index (χ3n) is 15.0. The normalized spacial score (nSPS) is 53.1. The second-order valence-corrected chi connectivity index (χ2v) is 17.8. The van der Waals surface area contributed by atoms with Crippen LogP contribution in [0, 0.1) is 40.4 Å². The topological polar surface area (TPSA) is 208 Å². The summed E-state index contributed by atoms with van der Waals surface area (Å²) in [4.78, 5) is 0. The Morgan fingerprint density at radius 1 is 0.846 bits per heavy atom. The van der Waals surface area contributed by atoms with Gasteiger partial charge in [0, 0.05) is 12.3 Å². The summed E-state index contributed by atoms with van der Waals surface area (Å²) in [6, 6.07) is 0. The molecule has 0 unspecified atom stereocenters. The first-order chi connectivity index (χ1) is 24.6. The van der Waals surface area contributed by atoms with Crippen molar-refractivity contribution in [3.8, 4) is 0 Å². The smallest absolute Gasteiger partial charge is 0.187 e. The molecular formula is C39H62O13. The number of allylic oxidation sites excluding steroid dienone is 1. The van der Waals surface area contributed by atoms with Gasteiger partial charge in [0.25, 0.3) is 0 Å². The van der Waals surface area contributed by atoms with Crippen molar-refractivity contribution in [2.24, 2.45) is 40.4 Å². The highest BCUT2D eigenvalue weighted by atomic mass is 16.8. The van der Waals surface area contributed by atoms with Crippen LogP contribution in [0.4, 0.5) is 0 Å². The Morgan fingerprint density at radius 2 is 1.60 bits per heavy atom. The molecular weight excluding hydrogens is 676 g/mol. The van der Waals surface area contributed by atoms with Crippen LogP contribution in [0.2, 0.25) is 0 Å². The van der Waals surface area contributed by atoms with Crippen molar-refractivity contribution in [3.05, 3.63) is 23.5 Å². The van der Waals surface area contributed by atoms with Crippen LogP contribution >= 0.6 is 0 Å². The van der Waals surface area contributed by atoms with Gasteiger partial charge in [0.15, 0.2) is 12.6 Å². The fourth-order valence-electron chi connectivity index (χ4n) is 12.1. The average molecular weight is 739 g/mol. The molecule has 7 rings (SSSR count). The minimum absolute atomic E-state index is 0.00255. The highest BCUT2D eigenvalue weighted by molar-refractivity contribution is 5.27. The van der Waals surface area contributed by atoms with Gasteiger partial charge in [-0.05, 0) is 105 Å². The number of hydrogen-bond acceptors (Lipinski definition) is 13. The van der Waals surface area contributed by atoms with E-state index in [4.69, 9.17) is 23.7 Å². The lowest BCUT2D eigenvalue weighted by molar-refractivity contribution is -0.374. The summed E-state index contributed by atoms with van der Waals surface area (Å²) in [7, 11) is 0. The Kier molecular flexibility index (Phi) is 11.0. The summed E-state index contributed by atoms with van der Waals surface area (Å²) >= 11 is 0. The van der Waals surface area contributed by atoms with Crippen LogP contribution in [0.1, 0.15) is 85.5 Å². The first kappa shape index (κ1) is 39.1. The highest BCUT2D eigenvalue weighted by Gasteiger charge is 2.65. The fraction of sp³-hybridized carbons (Fsp3) is 0.897. The molecule has 3 heterocycles. The van der Waals surface area contributed by atoms with E-state index in [1.54, 1.807) is 0 Å². The Balaban J connectivity index is 1.04. The van der Waals surface area contributed by atoms with Gasteiger partial charge in [-0.3, -0.25) is 0 Å². The van der Waals surface area contributed by atoms with Crippen LogP contribution in [-0.2, 0) is 23.7 Å². The van der Waals surface area contributed by atoms with Gasteiger partial charge >= 0.3 is 0 Å². The number of hydrogen-bond donors (Lipinski definition) is 8. The van der Waals surface area contributed by atoms with E-state index in [9.17, 15) is 40.9 Å². The molecule has 0 amide bonds. The van der Waals surface area contributed by atoms with E-state index in [2.05, 4.69) is 27.4 Å². The number of aliphatic hydroxyl groups excluding tert-OH is 8. The molecule has 13 heteroatoms. The average Bonchev–Trinajstić information content (AvgIpc) is 3.60. The van der Waals surface area contributed by atoms with Gasteiger partial charge < -0.3 is 64.5 Å². The van der Waals surface area contributed by atoms with Crippen LogP contribution in [0.25, 0.3) is 0 Å². The molecule has 3 aliphatic heterocycles. The van der Waals surface area contributed by atoms with Crippen molar-refractivity contribution in [1.82, 2.24) is 0 Å². The minimum Gasteiger partial charge on any atom is -0.494 e. The number of fused-ring (bicyclic) bond motifs is 7. The van der Waals surface area contributed by atoms with Crippen molar-refractivity contribution in [2.45, 2.75) is 165 Å². The van der Waals surface area contributed by atoms with Gasteiger partial charge in [0.2, 0.25) is 0 Å². The van der Waals surface area contributed by atoms with Crippen LogP contribution < -0.4 is 0 Å². The molecule has 6 fully saturated rings. The standard InChI is InChI=1S/C39H62O13/c1-17(15-40)6-9-25-18(2)29-27(49-25)13-23-21-8-7-20-12-26(24(42)14-39(20,5)22(21)10-11-38(23,29)4)50-37-35(33(46)31(44)28(16-41)51-37)52-36-34(47)32(45)30(43)19(3)48-36/h19-24,26-37,40-47H,1,6-16H2,2-5H3/t19-,20-,21+,22-,23-,24+,26+,27-,28+,29-,30-,31+,32+,33-,34+,35+,36-,37+,38-,39-/m0/s1. The predicted molar refractivity (Wildman–Crippen MR) is 185 cm³/mol. The van der Waals surface area contributed by atoms with Gasteiger partial charge in [-0.15, -0.1) is 0 Å². The molecule has 0 spiro atoms. The molecule has 52 heavy (non-hydrogen) atoms. The van der Waals surface area contributed by atoms with E-state index in [0.29, 0.717) is 36.5 Å². The van der Waals surface area contributed by atoms with E-state index in [-0.39, 0.29) is 29.5 Å². The number of rotatable bonds is 9. The molecule has 0 aromatic carbocycles. The lowest BCUT2D eigenvalue weighted by Crippen LogP contribution is -2.65. The number of aliphatic hydroxyl groups is 8. The second-order valence-electron chi connectivity index (χ2n) is 17.8. The predicted octanol–water partition coefficient (Wildman–Crippen LogP) is 1.26. The van der Waals surface area contributed by atoms with Crippen molar-refractivity contribution in [2.75, 3.05) is 13.2 Å². The highest BCUT2D eigenvalue weighted by Crippen LogP contribution is 2.70. The van der Waals surface area contributed by atoms with Crippen molar-refractivity contribution in [1.29, 1.82) is 0 Å². The summed E-state index contributed by atoms with van der Waals surface area (Å²) < 4.78 is 30.5. The molecule has 0 bridgehead atoms. The maximum absolute atomic E-state index is 11.8. The zero-order valence-corrected chi connectivity index (χ0v) is 31.0. The maximum Gasteiger partial charge on any atom is 0.187 e. The van der Waals surface area contributed by atoms with Gasteiger partial charge in [0.05, 0.1) is 37.3 Å². The van der Waals surface area contributed by atoms with E-state index in [0.717, 1.165) is 56.3 Å². The SMILES string of the molecule is C=C(CO)CCC1=C(C)[C@H]2[C@H](C[C@H]3[C@@H]4CC[C@H]5C[C@@H](O[C@@H]6O[C@H](CO)[C@@H](O)[C@H](O)[C@H]6O[C@@H]6O[C@@H](C)[C@H](O)[C@@H](O)[C@H]6O)[C@H](O)C[C@]5(C)[C@H]4CC[C@@]32C)O1. The monoisotopic (exact) mass is 738 g/mol. The molecule has 13 nitrogen and oxygen atoms in total. The Bertz CT molecular complexity index is 1340. The molecule has 20 atom stereocenters. The summed E-state index contributed by atoms with van der Waals surface area (Å²) in [5, 5.41) is 84.1. The molecule has 4 saturated carbocycles. The van der Waals surface area contributed by atoms with Crippen molar-refractivity contribution < 1.29 is 64.5 Å². The van der Waals surface area contributed by atoms with Gasteiger partial charge in [-0.25, -0.2) is 0 Å². The molecule has 4 aliphatic carbocycles. The van der Waals surface area contributed by atoms with Crippen LogP contribution in [0.3, 0.4) is 0 Å². The minimum atomic E-state index is -1.66. The van der Waals surface area contributed by atoms with Crippen molar-refractivity contribution >= 4 is 0 Å². The first-order valence-electron chi connectivity index (χ1n) is 19.6. The third-order valence-corrected chi connectivity index (χ3v) is 15.0. The van der Waals surface area contributed by atoms with Crippen LogP contribution in [0.5, 0.6) is 0 Å². The van der Waals surface area contributed by atoms with Gasteiger partial charge in [0.1, 0.15) is 48.8 Å². The summed E-state index contributed by atoms with van der Waals surface area (Å²) in [6.45, 7) is 11.9. The Hall–Kier alpha value is -1.20. The van der Waals surface area contributed by atoms with E-state index >= 15 is 0 Å². The maximum atomic E-state index is 11.8. The van der Waals surface area contributed by atoms with E-state index < -0.39 is 80.2 Å². The molecule has 0 aromatic rings. The van der Waals surface area contributed by atoms with E-state index in [1.165, 1.54) is 12.5 Å². The zero-order chi connectivity index (χ0) is 37.4. The fourth-order valence-corrected chi connectivity index (χ4v) is 12.1. The molecule has 0 aromatic heterocycles. The number of ether oxygens (including phenoxy) is 5. The van der Waals surface area contributed by atoms with Crippen LogP contribution in [0.15, 0.2) is 23.5 Å². The summed E-state index contributed by atoms with van der Waals surface area (Å²) in [6.07, 6.45) is -7.52. The Morgan fingerprint density at radius 3 is 2.31 bits per heavy atom. The molecule has 7 aliphatic rings. The summed E-state index contributed by atoms with van der Waals surface area (Å²) in [5.41, 5.74) is 2.24.